The summed E-state index contributed by atoms with van der Waals surface area (Å²) in [5, 5.41) is 15.4. The Morgan fingerprint density at radius 3 is 2.83 bits per heavy atom. The maximum Gasteiger partial charge on any atom is 0.226 e. The first-order valence-electron chi connectivity index (χ1n) is 6.52. The van der Waals surface area contributed by atoms with E-state index in [0.717, 1.165) is 42.8 Å². The Morgan fingerprint density at radius 1 is 1.56 bits per heavy atom. The van der Waals surface area contributed by atoms with E-state index in [1.807, 2.05) is 5.38 Å². The number of aliphatic hydroxyl groups excluding tert-OH is 1. The molecule has 1 saturated carbocycles. The van der Waals surface area contributed by atoms with Gasteiger partial charge in [-0.3, -0.25) is 4.79 Å². The Labute approximate surface area is 111 Å². The number of aromatic nitrogens is 1. The van der Waals surface area contributed by atoms with E-state index in [0.29, 0.717) is 6.42 Å². The molecule has 2 N–H and O–H groups in total. The molecule has 100 valence electrons. The molecule has 1 aromatic heterocycles. The van der Waals surface area contributed by atoms with Crippen LogP contribution in [0.3, 0.4) is 0 Å². The molecular formula is C13H20N2O2S. The molecule has 0 saturated heterocycles. The summed E-state index contributed by atoms with van der Waals surface area (Å²) in [6.45, 7) is 2.10. The van der Waals surface area contributed by atoms with Crippen molar-refractivity contribution in [2.75, 3.05) is 6.61 Å². The van der Waals surface area contributed by atoms with Gasteiger partial charge in [-0.15, -0.1) is 11.3 Å². The van der Waals surface area contributed by atoms with Gasteiger partial charge in [-0.2, -0.15) is 0 Å². The van der Waals surface area contributed by atoms with Gasteiger partial charge in [0.25, 0.3) is 0 Å². The molecule has 4 nitrogen and oxygen atoms in total. The number of thiazole rings is 1. The van der Waals surface area contributed by atoms with Crippen molar-refractivity contribution in [1.29, 1.82) is 0 Å². The summed E-state index contributed by atoms with van der Waals surface area (Å²) in [6, 6.07) is 0. The number of amides is 1. The SMILES string of the molecule is CCc1nc(CC(=O)NC2(CO)CCCC2)cs1. The molecule has 0 aliphatic heterocycles. The second kappa shape index (κ2) is 5.80. The van der Waals surface area contributed by atoms with Gasteiger partial charge in [0.1, 0.15) is 0 Å². The van der Waals surface area contributed by atoms with E-state index in [-0.39, 0.29) is 18.1 Å². The van der Waals surface area contributed by atoms with Crippen LogP contribution in [0, 0.1) is 0 Å². The minimum atomic E-state index is -0.374. The highest BCUT2D eigenvalue weighted by Crippen LogP contribution is 2.29. The van der Waals surface area contributed by atoms with Gasteiger partial charge < -0.3 is 10.4 Å². The summed E-state index contributed by atoms with van der Waals surface area (Å²) in [4.78, 5) is 16.4. The minimum absolute atomic E-state index is 0.0288. The zero-order valence-electron chi connectivity index (χ0n) is 10.7. The predicted octanol–water partition coefficient (Wildman–Crippen LogP) is 1.67. The van der Waals surface area contributed by atoms with E-state index in [9.17, 15) is 9.90 Å². The van der Waals surface area contributed by atoms with Crippen LogP contribution in [0.15, 0.2) is 5.38 Å². The molecule has 1 fully saturated rings. The number of nitrogens with zero attached hydrogens (tertiary/aromatic N) is 1. The zero-order chi connectivity index (χ0) is 13.0. The highest BCUT2D eigenvalue weighted by atomic mass is 32.1. The van der Waals surface area contributed by atoms with Crippen LogP contribution in [0.5, 0.6) is 0 Å². The number of hydrogen-bond acceptors (Lipinski definition) is 4. The molecule has 1 heterocycles. The molecule has 2 rings (SSSR count). The summed E-state index contributed by atoms with van der Waals surface area (Å²) in [6.07, 6.45) is 5.15. The average molecular weight is 268 g/mol. The van der Waals surface area contributed by atoms with Crippen LogP contribution in [0.4, 0.5) is 0 Å². The second-order valence-electron chi connectivity index (χ2n) is 4.96. The first-order chi connectivity index (χ1) is 8.67. The average Bonchev–Trinajstić information content (AvgIpc) is 2.99. The Balaban J connectivity index is 1.91. The summed E-state index contributed by atoms with van der Waals surface area (Å²) >= 11 is 1.60. The van der Waals surface area contributed by atoms with Gasteiger partial charge in [-0.05, 0) is 19.3 Å². The summed E-state index contributed by atoms with van der Waals surface area (Å²) in [7, 11) is 0. The van der Waals surface area contributed by atoms with Crippen molar-refractivity contribution in [3.8, 4) is 0 Å². The third-order valence-corrected chi connectivity index (χ3v) is 4.55. The molecule has 0 spiro atoms. The van der Waals surface area contributed by atoms with Crippen LogP contribution in [-0.2, 0) is 17.6 Å². The molecule has 1 aromatic rings. The van der Waals surface area contributed by atoms with Crippen molar-refractivity contribution in [1.82, 2.24) is 10.3 Å². The second-order valence-corrected chi connectivity index (χ2v) is 5.90. The zero-order valence-corrected chi connectivity index (χ0v) is 11.6. The van der Waals surface area contributed by atoms with Crippen LogP contribution >= 0.6 is 11.3 Å². The van der Waals surface area contributed by atoms with Gasteiger partial charge in [-0.1, -0.05) is 19.8 Å². The smallest absolute Gasteiger partial charge is 0.226 e. The summed E-state index contributed by atoms with van der Waals surface area (Å²) in [5.74, 6) is -0.0288. The maximum atomic E-state index is 12.0. The van der Waals surface area contributed by atoms with E-state index in [4.69, 9.17) is 0 Å². The molecule has 1 aliphatic rings. The molecule has 0 radical (unpaired) electrons. The van der Waals surface area contributed by atoms with Gasteiger partial charge in [0.05, 0.1) is 29.3 Å². The molecule has 0 atom stereocenters. The summed E-state index contributed by atoms with van der Waals surface area (Å²) < 4.78 is 0. The molecule has 18 heavy (non-hydrogen) atoms. The standard InChI is InChI=1S/C13H20N2O2S/c1-2-12-14-10(8-18-12)7-11(17)15-13(9-16)5-3-4-6-13/h8,16H,2-7,9H2,1H3,(H,15,17). The quantitative estimate of drug-likeness (QED) is 0.854. The van der Waals surface area contributed by atoms with Crippen LogP contribution < -0.4 is 5.32 Å². The van der Waals surface area contributed by atoms with E-state index < -0.39 is 0 Å². The Bertz CT molecular complexity index is 411. The fraction of sp³-hybridized carbons (Fsp3) is 0.692. The predicted molar refractivity (Wildman–Crippen MR) is 71.6 cm³/mol. The van der Waals surface area contributed by atoms with Crippen LogP contribution in [0.1, 0.15) is 43.3 Å². The summed E-state index contributed by atoms with van der Waals surface area (Å²) in [5.41, 5.74) is 0.459. The highest BCUT2D eigenvalue weighted by molar-refractivity contribution is 7.09. The van der Waals surface area contributed by atoms with E-state index in [1.54, 1.807) is 11.3 Å². The third kappa shape index (κ3) is 3.09. The van der Waals surface area contributed by atoms with Gasteiger partial charge in [0, 0.05) is 5.38 Å². The molecule has 1 amide bonds. The third-order valence-electron chi connectivity index (χ3n) is 3.51. The number of rotatable bonds is 5. The van der Waals surface area contributed by atoms with Crippen molar-refractivity contribution < 1.29 is 9.90 Å². The highest BCUT2D eigenvalue weighted by Gasteiger charge is 2.34. The molecule has 1 aliphatic carbocycles. The number of carbonyl (C=O) groups is 1. The minimum Gasteiger partial charge on any atom is -0.394 e. The monoisotopic (exact) mass is 268 g/mol. The topological polar surface area (TPSA) is 62.2 Å². The molecular weight excluding hydrogens is 248 g/mol. The van der Waals surface area contributed by atoms with Crippen molar-refractivity contribution in [3.05, 3.63) is 16.1 Å². The first kappa shape index (κ1) is 13.5. The van der Waals surface area contributed by atoms with E-state index in [1.165, 1.54) is 0 Å². The normalized spacial score (nSPS) is 17.9. The fourth-order valence-electron chi connectivity index (χ4n) is 2.47. The molecule has 0 bridgehead atoms. The van der Waals surface area contributed by atoms with Gasteiger partial charge in [-0.25, -0.2) is 4.98 Å². The first-order valence-corrected chi connectivity index (χ1v) is 7.40. The van der Waals surface area contributed by atoms with Gasteiger partial charge >= 0.3 is 0 Å². The Hall–Kier alpha value is -0.940. The number of carbonyl (C=O) groups excluding carboxylic acids is 1. The lowest BCUT2D eigenvalue weighted by atomic mass is 9.98. The molecule has 5 heteroatoms. The number of hydrogen-bond donors (Lipinski definition) is 2. The van der Waals surface area contributed by atoms with Crippen LogP contribution in [0.25, 0.3) is 0 Å². The van der Waals surface area contributed by atoms with Crippen molar-refractivity contribution in [2.45, 2.75) is 51.0 Å². The molecule has 0 aromatic carbocycles. The molecule has 0 unspecified atom stereocenters. The van der Waals surface area contributed by atoms with E-state index >= 15 is 0 Å². The fourth-order valence-corrected chi connectivity index (χ4v) is 3.22. The van der Waals surface area contributed by atoms with Gasteiger partial charge in [0.2, 0.25) is 5.91 Å². The lowest BCUT2D eigenvalue weighted by Gasteiger charge is -2.27. The van der Waals surface area contributed by atoms with Crippen molar-refractivity contribution >= 4 is 17.2 Å². The van der Waals surface area contributed by atoms with Crippen LogP contribution in [0.2, 0.25) is 0 Å². The largest absolute Gasteiger partial charge is 0.394 e. The lowest BCUT2D eigenvalue weighted by Crippen LogP contribution is -2.49. The Morgan fingerprint density at radius 2 is 2.28 bits per heavy atom. The number of aryl methyl sites for hydroxylation is 1. The van der Waals surface area contributed by atoms with Crippen molar-refractivity contribution in [3.63, 3.8) is 0 Å². The van der Waals surface area contributed by atoms with Crippen LogP contribution in [-0.4, -0.2) is 28.1 Å². The Kier molecular flexibility index (Phi) is 4.35. The number of nitrogens with one attached hydrogen (secondary N) is 1. The lowest BCUT2D eigenvalue weighted by molar-refractivity contribution is -0.123. The maximum absolute atomic E-state index is 12.0. The van der Waals surface area contributed by atoms with Gasteiger partial charge in [0.15, 0.2) is 0 Å². The van der Waals surface area contributed by atoms with E-state index in [2.05, 4.69) is 17.2 Å². The number of aliphatic hydroxyl groups is 1. The van der Waals surface area contributed by atoms with Crippen molar-refractivity contribution in [2.24, 2.45) is 0 Å².